The van der Waals surface area contributed by atoms with E-state index in [4.69, 9.17) is 0 Å². The highest BCUT2D eigenvalue weighted by atomic mass is 16.2. The highest BCUT2D eigenvalue weighted by molar-refractivity contribution is 5.83. The van der Waals surface area contributed by atoms with Crippen LogP contribution in [0.1, 0.15) is 97.8 Å². The van der Waals surface area contributed by atoms with Crippen LogP contribution in [0.4, 0.5) is 0 Å². The fourth-order valence-corrected chi connectivity index (χ4v) is 7.48. The van der Waals surface area contributed by atoms with Crippen LogP contribution in [0.25, 0.3) is 0 Å². The van der Waals surface area contributed by atoms with Gasteiger partial charge in [0.25, 0.3) is 0 Å². The third kappa shape index (κ3) is 3.29. The van der Waals surface area contributed by atoms with Gasteiger partial charge in [-0.2, -0.15) is 0 Å². The van der Waals surface area contributed by atoms with Crippen molar-refractivity contribution in [3.63, 3.8) is 0 Å². The Morgan fingerprint density at radius 1 is 1.07 bits per heavy atom. The second kappa shape index (κ2) is 7.33. The number of carbonyl (C=O) groups excluding carboxylic acids is 1. The van der Waals surface area contributed by atoms with Gasteiger partial charge in [-0.3, -0.25) is 4.79 Å². The Bertz CT molecular complexity index is 659. The topological polar surface area (TPSA) is 29.1 Å². The molecule has 1 N–H and O–H groups in total. The highest BCUT2D eigenvalue weighted by Gasteiger charge is 2.57. The lowest BCUT2D eigenvalue weighted by Gasteiger charge is -2.58. The largest absolute Gasteiger partial charge is 0.353 e. The Morgan fingerprint density at radius 3 is 2.54 bits per heavy atom. The molecule has 0 spiro atoms. The van der Waals surface area contributed by atoms with Crippen LogP contribution in [0.3, 0.4) is 0 Å². The molecule has 0 radical (unpaired) electrons. The molecule has 0 aromatic rings. The Hall–Kier alpha value is -1.05. The van der Waals surface area contributed by atoms with E-state index in [1.807, 2.05) is 0 Å². The van der Waals surface area contributed by atoms with Crippen LogP contribution in [0.5, 0.6) is 0 Å². The van der Waals surface area contributed by atoms with Gasteiger partial charge >= 0.3 is 0 Å². The predicted molar refractivity (Wildman–Crippen MR) is 117 cm³/mol. The van der Waals surface area contributed by atoms with Crippen molar-refractivity contribution in [2.75, 3.05) is 0 Å². The van der Waals surface area contributed by atoms with Gasteiger partial charge in [0, 0.05) is 6.04 Å². The van der Waals surface area contributed by atoms with Crippen LogP contribution in [-0.4, -0.2) is 11.9 Å². The smallest absolute Gasteiger partial charge is 0.226 e. The van der Waals surface area contributed by atoms with Crippen molar-refractivity contribution >= 4 is 5.91 Å². The van der Waals surface area contributed by atoms with E-state index in [2.05, 4.69) is 44.8 Å². The second-order valence-corrected chi connectivity index (χ2v) is 11.2. The molecule has 2 heteroatoms. The number of hydrogen-bond donors (Lipinski definition) is 1. The van der Waals surface area contributed by atoms with Crippen molar-refractivity contribution in [3.05, 3.63) is 24.3 Å². The maximum atomic E-state index is 13.6. The Balaban J connectivity index is 1.58. The molecule has 0 bridgehead atoms. The molecular formula is C26H41NO. The van der Waals surface area contributed by atoms with Gasteiger partial charge in [0.15, 0.2) is 0 Å². The lowest BCUT2D eigenvalue weighted by molar-refractivity contribution is -0.143. The Morgan fingerprint density at radius 2 is 1.82 bits per heavy atom. The molecule has 156 valence electrons. The average molecular weight is 384 g/mol. The first-order valence-electron chi connectivity index (χ1n) is 12.0. The van der Waals surface area contributed by atoms with Gasteiger partial charge in [-0.1, -0.05) is 64.2 Å². The number of amides is 1. The molecule has 0 saturated heterocycles. The van der Waals surface area contributed by atoms with E-state index < -0.39 is 0 Å². The average Bonchev–Trinajstić information content (AvgIpc) is 2.68. The third-order valence-electron chi connectivity index (χ3n) is 9.29. The first kappa shape index (κ1) is 20.2. The molecule has 0 heterocycles. The summed E-state index contributed by atoms with van der Waals surface area (Å²) in [5, 5.41) is 3.50. The number of carbonyl (C=O) groups is 1. The number of rotatable bonds is 3. The number of nitrogens with one attached hydrogen (secondary N) is 1. The summed E-state index contributed by atoms with van der Waals surface area (Å²) >= 11 is 0. The number of hydrogen-bond acceptors (Lipinski definition) is 1. The van der Waals surface area contributed by atoms with Gasteiger partial charge in [-0.05, 0) is 74.0 Å². The van der Waals surface area contributed by atoms with E-state index in [1.165, 1.54) is 64.2 Å². The zero-order valence-corrected chi connectivity index (χ0v) is 18.5. The Labute approximate surface area is 172 Å². The summed E-state index contributed by atoms with van der Waals surface area (Å²) in [5.74, 6) is 1.55. The van der Waals surface area contributed by atoms with Crippen LogP contribution >= 0.6 is 0 Å². The minimum Gasteiger partial charge on any atom is -0.353 e. The summed E-state index contributed by atoms with van der Waals surface area (Å²) in [6, 6.07) is 0.421. The molecule has 0 aliphatic heterocycles. The SMILES string of the molecule is C=CC1(C)CC=C2C(CCC3C(C)(C(=O)NC4CCCCC4)CCCC23C)C1. The summed E-state index contributed by atoms with van der Waals surface area (Å²) < 4.78 is 0. The molecule has 4 aliphatic carbocycles. The first-order chi connectivity index (χ1) is 13.3. The summed E-state index contributed by atoms with van der Waals surface area (Å²) in [4.78, 5) is 13.6. The van der Waals surface area contributed by atoms with E-state index in [1.54, 1.807) is 5.57 Å². The van der Waals surface area contributed by atoms with Crippen LogP contribution in [0, 0.1) is 28.1 Å². The minimum absolute atomic E-state index is 0.199. The molecule has 1 amide bonds. The van der Waals surface area contributed by atoms with Gasteiger partial charge in [-0.25, -0.2) is 0 Å². The molecule has 5 unspecified atom stereocenters. The van der Waals surface area contributed by atoms with Crippen LogP contribution in [0.2, 0.25) is 0 Å². The molecule has 28 heavy (non-hydrogen) atoms. The molecular weight excluding hydrogens is 342 g/mol. The van der Waals surface area contributed by atoms with Crippen LogP contribution < -0.4 is 5.32 Å². The molecule has 5 atom stereocenters. The van der Waals surface area contributed by atoms with Crippen molar-refractivity contribution in [2.24, 2.45) is 28.1 Å². The van der Waals surface area contributed by atoms with Crippen molar-refractivity contribution in [1.82, 2.24) is 5.32 Å². The summed E-state index contributed by atoms with van der Waals surface area (Å²) in [7, 11) is 0. The molecule has 0 aromatic carbocycles. The first-order valence-corrected chi connectivity index (χ1v) is 12.0. The maximum Gasteiger partial charge on any atom is 0.226 e. The molecule has 2 nitrogen and oxygen atoms in total. The van der Waals surface area contributed by atoms with Gasteiger partial charge in [0.1, 0.15) is 0 Å². The number of allylic oxidation sites excluding steroid dienone is 3. The molecule has 4 rings (SSSR count). The minimum atomic E-state index is -0.199. The summed E-state index contributed by atoms with van der Waals surface area (Å²) in [5.41, 5.74) is 1.96. The summed E-state index contributed by atoms with van der Waals surface area (Å²) in [6.07, 6.45) is 19.3. The zero-order chi connectivity index (χ0) is 20.0. The maximum absolute atomic E-state index is 13.6. The fourth-order valence-electron chi connectivity index (χ4n) is 7.48. The molecule has 4 aliphatic rings. The quantitative estimate of drug-likeness (QED) is 0.549. The van der Waals surface area contributed by atoms with Crippen molar-refractivity contribution in [2.45, 2.75) is 104 Å². The van der Waals surface area contributed by atoms with E-state index in [0.717, 1.165) is 12.8 Å². The number of fused-ring (bicyclic) bond motifs is 3. The fraction of sp³-hybridized carbons (Fsp3) is 0.808. The third-order valence-corrected chi connectivity index (χ3v) is 9.29. The predicted octanol–water partition coefficient (Wildman–Crippen LogP) is 6.57. The van der Waals surface area contributed by atoms with Gasteiger partial charge in [0.05, 0.1) is 5.41 Å². The normalized spacial score (nSPS) is 44.0. The van der Waals surface area contributed by atoms with E-state index >= 15 is 0 Å². The molecule has 0 aromatic heterocycles. The second-order valence-electron chi connectivity index (χ2n) is 11.2. The standard InChI is InChI=1S/C26H41NO/c1-5-24(2)17-14-21-19(18-24)12-13-22-25(21,3)15-9-16-26(22,4)23(28)27-20-10-7-6-8-11-20/h5,14,19-20,22H,1,6-13,15-18H2,2-4H3,(H,27,28). The van der Waals surface area contributed by atoms with Gasteiger partial charge in [-0.15, -0.1) is 6.58 Å². The molecule has 3 fully saturated rings. The van der Waals surface area contributed by atoms with E-state index in [-0.39, 0.29) is 16.2 Å². The van der Waals surface area contributed by atoms with Gasteiger partial charge < -0.3 is 5.32 Å². The summed E-state index contributed by atoms with van der Waals surface area (Å²) in [6.45, 7) is 11.3. The zero-order valence-electron chi connectivity index (χ0n) is 18.5. The van der Waals surface area contributed by atoms with Crippen molar-refractivity contribution < 1.29 is 4.79 Å². The molecule has 3 saturated carbocycles. The highest BCUT2D eigenvalue weighted by Crippen LogP contribution is 2.63. The van der Waals surface area contributed by atoms with Crippen LogP contribution in [-0.2, 0) is 4.79 Å². The monoisotopic (exact) mass is 383 g/mol. The van der Waals surface area contributed by atoms with E-state index in [0.29, 0.717) is 23.8 Å². The lowest BCUT2D eigenvalue weighted by Crippen LogP contribution is -2.56. The lowest BCUT2D eigenvalue weighted by atomic mass is 9.46. The van der Waals surface area contributed by atoms with Crippen molar-refractivity contribution in [1.29, 1.82) is 0 Å². The van der Waals surface area contributed by atoms with Crippen molar-refractivity contribution in [3.8, 4) is 0 Å². The van der Waals surface area contributed by atoms with E-state index in [9.17, 15) is 4.79 Å². The van der Waals surface area contributed by atoms with Crippen LogP contribution in [0.15, 0.2) is 24.3 Å². The Kier molecular flexibility index (Phi) is 5.30. The van der Waals surface area contributed by atoms with Gasteiger partial charge in [0.2, 0.25) is 5.91 Å².